The number of aromatic nitrogens is 3. The maximum absolute atomic E-state index is 10.6. The second-order valence-corrected chi connectivity index (χ2v) is 13.1. The van der Waals surface area contributed by atoms with Crippen molar-refractivity contribution in [3.63, 3.8) is 0 Å². The topological polar surface area (TPSA) is 65.7 Å². The van der Waals surface area contributed by atoms with Gasteiger partial charge in [0.1, 0.15) is 6.07 Å². The first-order chi connectivity index (χ1) is 23.7. The highest BCUT2D eigenvalue weighted by molar-refractivity contribution is 8.00. The summed E-state index contributed by atoms with van der Waals surface area (Å²) in [6.45, 7) is 0. The molecule has 0 bridgehead atoms. The number of hydrogen-bond acceptors (Lipinski definition) is 6. The van der Waals surface area contributed by atoms with Gasteiger partial charge in [0.2, 0.25) is 0 Å². The molecule has 9 rings (SSSR count). The van der Waals surface area contributed by atoms with Gasteiger partial charge in [-0.1, -0.05) is 115 Å². The van der Waals surface area contributed by atoms with Crippen molar-refractivity contribution in [1.82, 2.24) is 15.0 Å². The minimum atomic E-state index is 0.104. The molecule has 2 unspecified atom stereocenters. The molecule has 0 saturated heterocycles. The van der Waals surface area contributed by atoms with E-state index in [1.54, 1.807) is 0 Å². The fourth-order valence-corrected chi connectivity index (χ4v) is 8.35. The van der Waals surface area contributed by atoms with Crippen molar-refractivity contribution in [1.29, 1.82) is 5.26 Å². The van der Waals surface area contributed by atoms with Gasteiger partial charge >= 0.3 is 0 Å². The van der Waals surface area contributed by atoms with Gasteiger partial charge in [0.15, 0.2) is 17.5 Å². The van der Waals surface area contributed by atoms with E-state index in [2.05, 4.69) is 89.8 Å². The molecule has 2 atom stereocenters. The van der Waals surface area contributed by atoms with Crippen LogP contribution in [0.1, 0.15) is 28.0 Å². The molecule has 6 aromatic carbocycles. The maximum Gasteiger partial charge on any atom is 0.164 e. The van der Waals surface area contributed by atoms with Crippen LogP contribution in [0.25, 0.3) is 45.3 Å². The third kappa shape index (κ3) is 4.76. The highest BCUT2D eigenvalue weighted by Gasteiger charge is 2.46. The van der Waals surface area contributed by atoms with Crippen molar-refractivity contribution in [2.45, 2.75) is 16.2 Å². The van der Waals surface area contributed by atoms with Gasteiger partial charge in [-0.15, -0.1) is 11.8 Å². The van der Waals surface area contributed by atoms with Crippen LogP contribution >= 0.6 is 11.8 Å². The summed E-state index contributed by atoms with van der Waals surface area (Å²) in [6.07, 6.45) is 0. The number of benzene rings is 6. The molecule has 226 valence electrons. The van der Waals surface area contributed by atoms with Gasteiger partial charge < -0.3 is 4.90 Å². The lowest BCUT2D eigenvalue weighted by atomic mass is 10.0. The Morgan fingerprint density at radius 2 is 1.08 bits per heavy atom. The summed E-state index contributed by atoms with van der Waals surface area (Å²) < 4.78 is 0. The predicted molar refractivity (Wildman–Crippen MR) is 193 cm³/mol. The molecule has 48 heavy (non-hydrogen) atoms. The van der Waals surface area contributed by atoms with Crippen LogP contribution in [0, 0.1) is 11.3 Å². The number of para-hydroxylation sites is 1. The minimum Gasteiger partial charge on any atom is -0.331 e. The molecule has 0 amide bonds. The third-order valence-electron chi connectivity index (χ3n) is 9.09. The molecule has 1 aromatic heterocycles. The first-order valence-electron chi connectivity index (χ1n) is 15.9. The first-order valence-corrected chi connectivity index (χ1v) is 16.8. The zero-order valence-corrected chi connectivity index (χ0v) is 26.5. The molecule has 2 aliphatic rings. The van der Waals surface area contributed by atoms with Gasteiger partial charge in [0.05, 0.1) is 22.5 Å². The van der Waals surface area contributed by atoms with Gasteiger partial charge in [0.25, 0.3) is 0 Å². The highest BCUT2D eigenvalue weighted by Crippen LogP contribution is 2.64. The molecule has 0 radical (unpaired) electrons. The van der Waals surface area contributed by atoms with Crippen molar-refractivity contribution < 1.29 is 0 Å². The summed E-state index contributed by atoms with van der Waals surface area (Å²) in [7, 11) is 0. The molecular formula is C42H27N5S. The predicted octanol–water partition coefficient (Wildman–Crippen LogP) is 10.5. The van der Waals surface area contributed by atoms with Crippen molar-refractivity contribution in [2.24, 2.45) is 0 Å². The smallest absolute Gasteiger partial charge is 0.164 e. The van der Waals surface area contributed by atoms with Crippen molar-refractivity contribution >= 4 is 23.1 Å². The Labute approximate surface area is 283 Å². The maximum atomic E-state index is 10.6. The molecule has 0 N–H and O–H groups in total. The Kier molecular flexibility index (Phi) is 6.84. The number of anilines is 2. The molecule has 0 saturated carbocycles. The second-order valence-electron chi connectivity index (χ2n) is 11.9. The van der Waals surface area contributed by atoms with Crippen LogP contribution in [0.15, 0.2) is 157 Å². The number of rotatable bonds is 5. The number of nitriles is 1. The summed E-state index contributed by atoms with van der Waals surface area (Å²) >= 11 is 1.91. The van der Waals surface area contributed by atoms with Crippen LogP contribution in [0.3, 0.4) is 0 Å². The van der Waals surface area contributed by atoms with Gasteiger partial charge in [0, 0.05) is 27.3 Å². The van der Waals surface area contributed by atoms with Gasteiger partial charge in [-0.2, -0.15) is 5.26 Å². The second kappa shape index (κ2) is 11.6. The molecule has 0 fully saturated rings. The van der Waals surface area contributed by atoms with Crippen molar-refractivity contribution in [3.05, 3.63) is 168 Å². The van der Waals surface area contributed by atoms with Gasteiger partial charge in [-0.05, 0) is 58.7 Å². The third-order valence-corrected chi connectivity index (χ3v) is 10.5. The van der Waals surface area contributed by atoms with Crippen LogP contribution in [0.2, 0.25) is 0 Å². The summed E-state index contributed by atoms with van der Waals surface area (Å²) in [5.41, 5.74) is 9.96. The molecule has 2 aliphatic heterocycles. The summed E-state index contributed by atoms with van der Waals surface area (Å²) in [6, 6.07) is 54.4. The molecule has 5 nitrogen and oxygen atoms in total. The number of nitrogens with zero attached hydrogens (tertiary/aromatic N) is 5. The van der Waals surface area contributed by atoms with Crippen LogP contribution < -0.4 is 4.90 Å². The Balaban J connectivity index is 1.17. The summed E-state index contributed by atoms with van der Waals surface area (Å²) in [4.78, 5) is 18.5. The van der Waals surface area contributed by atoms with Crippen LogP contribution in [0.4, 0.5) is 11.4 Å². The minimum absolute atomic E-state index is 0.104. The van der Waals surface area contributed by atoms with Gasteiger partial charge in [-0.25, -0.2) is 15.0 Å². The SMILES string of the molecule is N#Cc1cc(-c2nc(-c3ccccc3)nc(-c3cccc(-c4ccccc4)c3)n2)ccc1N1c2ccccc2C2Sc3ccccc3C21. The van der Waals surface area contributed by atoms with Crippen molar-refractivity contribution in [3.8, 4) is 51.4 Å². The average Bonchev–Trinajstić information content (AvgIpc) is 3.70. The molecule has 3 heterocycles. The van der Waals surface area contributed by atoms with E-state index < -0.39 is 0 Å². The molecular weight excluding hydrogens is 607 g/mol. The van der Waals surface area contributed by atoms with E-state index in [0.717, 1.165) is 39.2 Å². The largest absolute Gasteiger partial charge is 0.331 e. The zero-order valence-electron chi connectivity index (χ0n) is 25.7. The Bertz CT molecular complexity index is 2370. The van der Waals surface area contributed by atoms with Crippen LogP contribution in [-0.4, -0.2) is 15.0 Å². The monoisotopic (exact) mass is 633 g/mol. The number of fused-ring (bicyclic) bond motifs is 5. The molecule has 6 heteroatoms. The quantitative estimate of drug-likeness (QED) is 0.188. The first kappa shape index (κ1) is 28.2. The molecule has 0 spiro atoms. The summed E-state index contributed by atoms with van der Waals surface area (Å²) in [5.74, 6) is 1.68. The lowest BCUT2D eigenvalue weighted by Gasteiger charge is -2.28. The van der Waals surface area contributed by atoms with E-state index in [1.165, 1.54) is 16.0 Å². The van der Waals surface area contributed by atoms with E-state index >= 15 is 0 Å². The highest BCUT2D eigenvalue weighted by atomic mass is 32.2. The summed E-state index contributed by atoms with van der Waals surface area (Å²) in [5, 5.41) is 10.9. The van der Waals surface area contributed by atoms with Gasteiger partial charge in [-0.3, -0.25) is 0 Å². The van der Waals surface area contributed by atoms with Crippen molar-refractivity contribution in [2.75, 3.05) is 4.90 Å². The molecule has 0 aliphatic carbocycles. The van der Waals surface area contributed by atoms with Crippen LogP contribution in [0.5, 0.6) is 0 Å². The van der Waals surface area contributed by atoms with E-state index in [1.807, 2.05) is 84.6 Å². The Morgan fingerprint density at radius 3 is 1.83 bits per heavy atom. The number of thioether (sulfide) groups is 1. The molecule has 7 aromatic rings. The van der Waals surface area contributed by atoms with Crippen LogP contribution in [-0.2, 0) is 0 Å². The zero-order chi connectivity index (χ0) is 32.0. The van der Waals surface area contributed by atoms with E-state index in [9.17, 15) is 5.26 Å². The van der Waals surface area contributed by atoms with E-state index in [4.69, 9.17) is 15.0 Å². The fraction of sp³-hybridized carbons (Fsp3) is 0.0476. The standard InChI is InChI=1S/C42H27N5S/c43-26-32-25-31(22-23-35(32)47-36-20-9-7-18-33(36)39-38(47)34-19-8-10-21-37(34)48-39)42-45-40(28-14-5-2-6-15-28)44-41(46-42)30-17-11-16-29(24-30)27-12-3-1-4-13-27/h1-25,38-39H. The number of hydrogen-bond donors (Lipinski definition) is 0. The average molecular weight is 634 g/mol. The Morgan fingerprint density at radius 1 is 0.500 bits per heavy atom. The normalized spacial score (nSPS) is 15.8. The lowest BCUT2D eigenvalue weighted by Crippen LogP contribution is -2.20. The Hall–Kier alpha value is -6.03. The van der Waals surface area contributed by atoms with E-state index in [-0.39, 0.29) is 11.3 Å². The lowest BCUT2D eigenvalue weighted by molar-refractivity contribution is 0.736. The fourth-order valence-electron chi connectivity index (χ4n) is 6.88. The van der Waals surface area contributed by atoms with E-state index in [0.29, 0.717) is 23.0 Å².